The molecule has 4 N–H and O–H groups in total. The molecule has 3 aromatic rings. The van der Waals surface area contributed by atoms with Crippen LogP contribution < -0.4 is 20.5 Å². The molecule has 1 aromatic carbocycles. The van der Waals surface area contributed by atoms with Crippen molar-refractivity contribution >= 4 is 52.3 Å². The van der Waals surface area contributed by atoms with Gasteiger partial charge in [0, 0.05) is 30.3 Å². The predicted octanol–water partition coefficient (Wildman–Crippen LogP) is 3.09. The second-order valence-electron chi connectivity index (χ2n) is 7.71. The first-order valence-corrected chi connectivity index (χ1v) is 12.0. The number of aromatic nitrogens is 2. The molecular formula is C27H30N4O9. The molecule has 3 rings (SSSR count). The number of amides is 1. The zero-order valence-electron chi connectivity index (χ0n) is 22.4. The number of hydrogen-bond acceptors (Lipinski definition) is 11. The summed E-state index contributed by atoms with van der Waals surface area (Å²) in [5.41, 5.74) is 7.39. The minimum absolute atomic E-state index is 0.220. The number of nitrogens with two attached hydrogens (primary N) is 1. The highest BCUT2D eigenvalue weighted by atomic mass is 16.5. The maximum atomic E-state index is 12.6. The fourth-order valence-electron chi connectivity index (χ4n) is 3.15. The van der Waals surface area contributed by atoms with Crippen LogP contribution in [0.1, 0.15) is 36.8 Å². The van der Waals surface area contributed by atoms with Crippen LogP contribution in [-0.2, 0) is 23.9 Å². The molecule has 0 fully saturated rings. The third-order valence-electron chi connectivity index (χ3n) is 4.81. The number of nitrogens with zero attached hydrogens (tertiary/aromatic N) is 2. The second-order valence-corrected chi connectivity index (χ2v) is 7.71. The summed E-state index contributed by atoms with van der Waals surface area (Å²) in [6.45, 7) is 4.76. The summed E-state index contributed by atoms with van der Waals surface area (Å²) in [5, 5.41) is 11.7. The van der Waals surface area contributed by atoms with Gasteiger partial charge in [0.25, 0.3) is 0 Å². The highest BCUT2D eigenvalue weighted by molar-refractivity contribution is 6.06. The van der Waals surface area contributed by atoms with Crippen LogP contribution in [0.15, 0.2) is 42.6 Å². The van der Waals surface area contributed by atoms with Crippen LogP contribution in [0.5, 0.6) is 11.5 Å². The van der Waals surface area contributed by atoms with Gasteiger partial charge in [-0.05, 0) is 50.3 Å². The molecule has 0 unspecified atom stereocenters. The summed E-state index contributed by atoms with van der Waals surface area (Å²) < 4.78 is 20.2. The van der Waals surface area contributed by atoms with Crippen molar-refractivity contribution in [1.29, 1.82) is 0 Å². The molecule has 13 nitrogen and oxygen atoms in total. The summed E-state index contributed by atoms with van der Waals surface area (Å²) in [5.74, 6) is -1.73. The Morgan fingerprint density at radius 2 is 1.77 bits per heavy atom. The Labute approximate surface area is 229 Å². The van der Waals surface area contributed by atoms with Crippen molar-refractivity contribution in [3.8, 4) is 11.5 Å². The average molecular weight is 555 g/mol. The van der Waals surface area contributed by atoms with E-state index < -0.39 is 30.4 Å². The standard InChI is InChI=1S/C23H24N4O5.C4H6O4/c1-4-31-19-12-16-21(26-14-6-8-15(30-3)9-7-14)17(23(29)32-5-2)13-25-22(16)27-18(19)10-11-20(24)28;1-3(5)8-2-4(6)7/h6-13H,4-5H2,1-3H3,(H2,24,28)(H,25,26,27);2H2,1H3,(H,6,7). The average Bonchev–Trinajstić information content (AvgIpc) is 2.92. The number of nitrogens with one attached hydrogen (secondary N) is 1. The summed E-state index contributed by atoms with van der Waals surface area (Å²) in [6.07, 6.45) is 4.06. The van der Waals surface area contributed by atoms with Gasteiger partial charge in [0.15, 0.2) is 12.3 Å². The van der Waals surface area contributed by atoms with Gasteiger partial charge in [0.1, 0.15) is 22.8 Å². The third-order valence-corrected chi connectivity index (χ3v) is 4.81. The monoisotopic (exact) mass is 554 g/mol. The predicted molar refractivity (Wildman–Crippen MR) is 145 cm³/mol. The molecule has 0 saturated carbocycles. The Bertz CT molecular complexity index is 1380. The van der Waals surface area contributed by atoms with Gasteiger partial charge < -0.3 is 35.1 Å². The number of carboxylic acid groups (broad SMARTS) is 1. The van der Waals surface area contributed by atoms with Gasteiger partial charge >= 0.3 is 17.9 Å². The lowest BCUT2D eigenvalue weighted by Gasteiger charge is -2.16. The van der Waals surface area contributed by atoms with Crippen molar-refractivity contribution in [3.63, 3.8) is 0 Å². The molecule has 0 bridgehead atoms. The van der Waals surface area contributed by atoms with E-state index in [9.17, 15) is 19.2 Å². The number of fused-ring (bicyclic) bond motifs is 1. The molecule has 0 aliphatic carbocycles. The number of carbonyl (C=O) groups excluding carboxylic acids is 3. The number of primary amides is 1. The zero-order chi connectivity index (χ0) is 29.7. The lowest BCUT2D eigenvalue weighted by atomic mass is 10.1. The zero-order valence-corrected chi connectivity index (χ0v) is 22.4. The van der Waals surface area contributed by atoms with E-state index in [-0.39, 0.29) is 12.2 Å². The van der Waals surface area contributed by atoms with Crippen molar-refractivity contribution in [2.75, 3.05) is 32.2 Å². The number of pyridine rings is 2. The van der Waals surface area contributed by atoms with Gasteiger partial charge in [-0.15, -0.1) is 0 Å². The van der Waals surface area contributed by atoms with Crippen molar-refractivity contribution < 1.29 is 43.2 Å². The molecule has 212 valence electrons. The molecule has 0 radical (unpaired) electrons. The van der Waals surface area contributed by atoms with Crippen LogP contribution in [0.3, 0.4) is 0 Å². The Morgan fingerprint density at radius 1 is 1.07 bits per heavy atom. The van der Waals surface area contributed by atoms with E-state index in [1.54, 1.807) is 32.2 Å². The van der Waals surface area contributed by atoms with E-state index >= 15 is 0 Å². The van der Waals surface area contributed by atoms with Crippen LogP contribution in [0.2, 0.25) is 0 Å². The fraction of sp³-hybridized carbons (Fsp3) is 0.259. The van der Waals surface area contributed by atoms with Crippen LogP contribution in [-0.4, -0.2) is 65.8 Å². The van der Waals surface area contributed by atoms with Crippen molar-refractivity contribution in [3.05, 3.63) is 53.9 Å². The molecule has 13 heteroatoms. The van der Waals surface area contributed by atoms with E-state index in [4.69, 9.17) is 25.1 Å². The number of esters is 2. The van der Waals surface area contributed by atoms with Crippen LogP contribution in [0, 0.1) is 0 Å². The number of hydrogen-bond donors (Lipinski definition) is 3. The molecule has 2 heterocycles. The topological polar surface area (TPSA) is 189 Å². The molecule has 0 aliphatic heterocycles. The fourth-order valence-corrected chi connectivity index (χ4v) is 3.15. The molecule has 0 aliphatic rings. The van der Waals surface area contributed by atoms with Crippen molar-refractivity contribution in [1.82, 2.24) is 9.97 Å². The number of carbonyl (C=O) groups is 4. The second kappa shape index (κ2) is 15.3. The number of aliphatic carboxylic acids is 1. The van der Waals surface area contributed by atoms with Crippen molar-refractivity contribution in [2.24, 2.45) is 5.73 Å². The SMILES string of the molecule is CC(=O)OCC(=O)O.CCOC(=O)c1cnc2nc(C=CC(N)=O)c(OCC)cc2c1Nc1ccc(OC)cc1. The van der Waals surface area contributed by atoms with Gasteiger partial charge in [0.2, 0.25) is 5.91 Å². The largest absolute Gasteiger partial charge is 0.497 e. The van der Waals surface area contributed by atoms with Gasteiger partial charge in [-0.25, -0.2) is 19.6 Å². The summed E-state index contributed by atoms with van der Waals surface area (Å²) in [7, 11) is 1.59. The minimum Gasteiger partial charge on any atom is -0.497 e. The summed E-state index contributed by atoms with van der Waals surface area (Å²) in [4.78, 5) is 52.1. The number of carboxylic acids is 1. The number of rotatable bonds is 11. The minimum atomic E-state index is -1.14. The van der Waals surface area contributed by atoms with E-state index in [0.29, 0.717) is 40.5 Å². The van der Waals surface area contributed by atoms with Crippen LogP contribution >= 0.6 is 0 Å². The van der Waals surface area contributed by atoms with Crippen LogP contribution in [0.4, 0.5) is 11.4 Å². The van der Waals surface area contributed by atoms with E-state index in [0.717, 1.165) is 12.6 Å². The van der Waals surface area contributed by atoms with Gasteiger partial charge in [-0.2, -0.15) is 0 Å². The molecule has 0 atom stereocenters. The molecule has 0 spiro atoms. The molecule has 0 saturated heterocycles. The van der Waals surface area contributed by atoms with Gasteiger partial charge in [0.05, 0.1) is 26.0 Å². The number of anilines is 2. The molecule has 2 aromatic heterocycles. The summed E-state index contributed by atoms with van der Waals surface area (Å²) >= 11 is 0. The first kappa shape index (κ1) is 31.0. The number of benzene rings is 1. The van der Waals surface area contributed by atoms with E-state index in [2.05, 4.69) is 20.0 Å². The van der Waals surface area contributed by atoms with E-state index in [1.165, 1.54) is 18.3 Å². The van der Waals surface area contributed by atoms with Crippen LogP contribution in [0.25, 0.3) is 17.1 Å². The number of ether oxygens (including phenoxy) is 4. The lowest BCUT2D eigenvalue weighted by molar-refractivity contribution is -0.153. The smallest absolute Gasteiger partial charge is 0.341 e. The summed E-state index contributed by atoms with van der Waals surface area (Å²) in [6, 6.07) is 8.95. The molecular weight excluding hydrogens is 524 g/mol. The number of methoxy groups -OCH3 is 1. The highest BCUT2D eigenvalue weighted by Crippen LogP contribution is 2.33. The first-order valence-electron chi connectivity index (χ1n) is 12.0. The van der Waals surface area contributed by atoms with Gasteiger partial charge in [-0.1, -0.05) is 0 Å². The van der Waals surface area contributed by atoms with Crippen molar-refractivity contribution in [2.45, 2.75) is 20.8 Å². The molecule has 40 heavy (non-hydrogen) atoms. The lowest BCUT2D eigenvalue weighted by Crippen LogP contribution is -2.10. The quantitative estimate of drug-likeness (QED) is 0.232. The molecule has 1 amide bonds. The normalized spacial score (nSPS) is 10.3. The highest BCUT2D eigenvalue weighted by Gasteiger charge is 2.19. The Balaban J connectivity index is 0.000000611. The van der Waals surface area contributed by atoms with E-state index in [1.807, 2.05) is 19.1 Å². The third kappa shape index (κ3) is 9.28. The Kier molecular flexibility index (Phi) is 11.8. The maximum Gasteiger partial charge on any atom is 0.341 e. The Hall–Kier alpha value is -5.20. The first-order chi connectivity index (χ1) is 19.1. The Morgan fingerprint density at radius 3 is 2.30 bits per heavy atom. The van der Waals surface area contributed by atoms with Gasteiger partial charge in [-0.3, -0.25) is 9.59 Å². The maximum absolute atomic E-state index is 12.6.